The van der Waals surface area contributed by atoms with Gasteiger partial charge < -0.3 is 4.74 Å². The van der Waals surface area contributed by atoms with Crippen LogP contribution in [0.3, 0.4) is 0 Å². The van der Waals surface area contributed by atoms with Gasteiger partial charge in [-0.25, -0.2) is 0 Å². The molecule has 0 heterocycles. The molecule has 0 bridgehead atoms. The van der Waals surface area contributed by atoms with E-state index in [9.17, 15) is 0 Å². The van der Waals surface area contributed by atoms with Gasteiger partial charge >= 0.3 is 0 Å². The Morgan fingerprint density at radius 2 is 2.00 bits per heavy atom. The van der Waals surface area contributed by atoms with Crippen molar-refractivity contribution in [3.8, 4) is 0 Å². The lowest BCUT2D eigenvalue weighted by Crippen LogP contribution is -2.54. The maximum atomic E-state index is 6.11. The second kappa shape index (κ2) is 6.51. The molecule has 0 aliphatic heterocycles. The summed E-state index contributed by atoms with van der Waals surface area (Å²) in [5, 5.41) is 0. The van der Waals surface area contributed by atoms with E-state index >= 15 is 0 Å². The van der Waals surface area contributed by atoms with Crippen molar-refractivity contribution in [2.24, 2.45) is 5.84 Å². The summed E-state index contributed by atoms with van der Waals surface area (Å²) in [5.41, 5.74) is 5.63. The predicted molar refractivity (Wildman–Crippen MR) is 78.8 cm³/mol. The Morgan fingerprint density at radius 3 is 2.58 bits per heavy atom. The van der Waals surface area contributed by atoms with Crippen LogP contribution >= 0.6 is 0 Å². The highest BCUT2D eigenvalue weighted by Gasteiger charge is 2.41. The molecule has 1 aromatic rings. The quantitative estimate of drug-likeness (QED) is 0.612. The maximum Gasteiger partial charge on any atom is 0.0851 e. The monoisotopic (exact) mass is 262 g/mol. The number of aryl methyl sites for hydroxylation is 1. The second-order valence-electron chi connectivity index (χ2n) is 5.55. The Hall–Kier alpha value is -0.900. The van der Waals surface area contributed by atoms with E-state index in [-0.39, 0.29) is 11.6 Å². The van der Waals surface area contributed by atoms with Crippen LogP contribution in [0.2, 0.25) is 0 Å². The summed E-state index contributed by atoms with van der Waals surface area (Å²) in [6.45, 7) is 4.98. The molecular formula is C16H26N2O. The fourth-order valence-electron chi connectivity index (χ4n) is 3.31. The molecule has 0 aromatic heterocycles. The Labute approximate surface area is 116 Å². The average molecular weight is 262 g/mol. The molecule has 0 radical (unpaired) electrons. The molecule has 0 spiro atoms. The minimum absolute atomic E-state index is 0.0776. The highest BCUT2D eigenvalue weighted by atomic mass is 16.5. The standard InChI is InChI=1S/C16H26N2O/c1-3-19-16(10-6-7-11-16)15(18-17)12-14-9-5-4-8-13(14)2/h4-5,8-9,15,18H,3,6-7,10-12,17H2,1-2H3. The van der Waals surface area contributed by atoms with Crippen LogP contribution in [-0.4, -0.2) is 18.2 Å². The molecular weight excluding hydrogens is 236 g/mol. The topological polar surface area (TPSA) is 47.3 Å². The second-order valence-corrected chi connectivity index (χ2v) is 5.55. The fourth-order valence-corrected chi connectivity index (χ4v) is 3.31. The normalized spacial score (nSPS) is 19.5. The summed E-state index contributed by atoms with van der Waals surface area (Å²) in [6.07, 6.45) is 5.64. The Kier molecular flexibility index (Phi) is 4.97. The Balaban J connectivity index is 2.17. The van der Waals surface area contributed by atoms with Gasteiger partial charge in [-0.05, 0) is 44.2 Å². The third kappa shape index (κ3) is 3.16. The summed E-state index contributed by atoms with van der Waals surface area (Å²) in [5.74, 6) is 5.84. The highest BCUT2D eigenvalue weighted by Crippen LogP contribution is 2.37. The molecule has 1 unspecified atom stereocenters. The molecule has 0 amide bonds. The fraction of sp³-hybridized carbons (Fsp3) is 0.625. The molecule has 106 valence electrons. The maximum absolute atomic E-state index is 6.11. The van der Waals surface area contributed by atoms with Crippen molar-refractivity contribution in [3.05, 3.63) is 35.4 Å². The van der Waals surface area contributed by atoms with Crippen molar-refractivity contribution in [2.45, 2.75) is 57.6 Å². The molecule has 3 nitrogen and oxygen atoms in total. The lowest BCUT2D eigenvalue weighted by atomic mass is 9.86. The zero-order chi connectivity index (χ0) is 13.7. The number of rotatable bonds is 6. The van der Waals surface area contributed by atoms with Crippen molar-refractivity contribution in [1.82, 2.24) is 5.43 Å². The van der Waals surface area contributed by atoms with Crippen LogP contribution in [0.15, 0.2) is 24.3 Å². The SMILES string of the molecule is CCOC1(C(Cc2ccccc2C)NN)CCCC1. The number of benzene rings is 1. The third-order valence-corrected chi connectivity index (χ3v) is 4.40. The molecule has 1 saturated carbocycles. The molecule has 2 rings (SSSR count). The number of ether oxygens (including phenoxy) is 1. The van der Waals surface area contributed by atoms with Crippen LogP contribution < -0.4 is 11.3 Å². The summed E-state index contributed by atoms with van der Waals surface area (Å²) < 4.78 is 6.11. The number of hydrogen-bond acceptors (Lipinski definition) is 3. The van der Waals surface area contributed by atoms with Crippen LogP contribution in [-0.2, 0) is 11.2 Å². The smallest absolute Gasteiger partial charge is 0.0851 e. The number of nitrogens with one attached hydrogen (secondary N) is 1. The van der Waals surface area contributed by atoms with Crippen LogP contribution in [0.1, 0.15) is 43.7 Å². The average Bonchev–Trinajstić information content (AvgIpc) is 2.88. The van der Waals surface area contributed by atoms with Gasteiger partial charge in [0.2, 0.25) is 0 Å². The number of hydrazine groups is 1. The minimum Gasteiger partial charge on any atom is -0.374 e. The van der Waals surface area contributed by atoms with E-state index < -0.39 is 0 Å². The summed E-state index contributed by atoms with van der Waals surface area (Å²) >= 11 is 0. The van der Waals surface area contributed by atoms with E-state index in [0.29, 0.717) is 0 Å². The lowest BCUT2D eigenvalue weighted by Gasteiger charge is -2.37. The summed E-state index contributed by atoms with van der Waals surface area (Å²) in [7, 11) is 0. The predicted octanol–water partition coefficient (Wildman–Crippen LogP) is 2.72. The molecule has 1 aliphatic carbocycles. The van der Waals surface area contributed by atoms with Crippen LogP contribution in [0.25, 0.3) is 0 Å². The molecule has 1 atom stereocenters. The first kappa shape index (κ1) is 14.5. The zero-order valence-electron chi connectivity index (χ0n) is 12.1. The van der Waals surface area contributed by atoms with Gasteiger partial charge in [0.1, 0.15) is 0 Å². The van der Waals surface area contributed by atoms with Crippen molar-refractivity contribution in [3.63, 3.8) is 0 Å². The largest absolute Gasteiger partial charge is 0.374 e. The van der Waals surface area contributed by atoms with Gasteiger partial charge in [0, 0.05) is 6.61 Å². The van der Waals surface area contributed by atoms with Crippen molar-refractivity contribution < 1.29 is 4.74 Å². The van der Waals surface area contributed by atoms with Gasteiger partial charge in [-0.1, -0.05) is 37.1 Å². The summed E-state index contributed by atoms with van der Waals surface area (Å²) in [4.78, 5) is 0. The zero-order valence-corrected chi connectivity index (χ0v) is 12.1. The molecule has 0 saturated heterocycles. The first-order chi connectivity index (χ1) is 9.22. The van der Waals surface area contributed by atoms with Gasteiger partial charge in [-0.2, -0.15) is 0 Å². The molecule has 3 heteroatoms. The Morgan fingerprint density at radius 1 is 1.32 bits per heavy atom. The van der Waals surface area contributed by atoms with Crippen LogP contribution in [0.4, 0.5) is 0 Å². The van der Waals surface area contributed by atoms with Crippen LogP contribution in [0.5, 0.6) is 0 Å². The van der Waals surface area contributed by atoms with E-state index in [0.717, 1.165) is 25.9 Å². The van der Waals surface area contributed by atoms with Crippen LogP contribution in [0, 0.1) is 6.92 Å². The van der Waals surface area contributed by atoms with Gasteiger partial charge in [0.25, 0.3) is 0 Å². The molecule has 1 aromatic carbocycles. The molecule has 3 N–H and O–H groups in total. The lowest BCUT2D eigenvalue weighted by molar-refractivity contribution is -0.0613. The van der Waals surface area contributed by atoms with Gasteiger partial charge in [0.15, 0.2) is 0 Å². The van der Waals surface area contributed by atoms with Crippen molar-refractivity contribution >= 4 is 0 Å². The van der Waals surface area contributed by atoms with E-state index in [4.69, 9.17) is 10.6 Å². The van der Waals surface area contributed by atoms with Crippen molar-refractivity contribution in [2.75, 3.05) is 6.61 Å². The van der Waals surface area contributed by atoms with Gasteiger partial charge in [0.05, 0.1) is 11.6 Å². The Bertz CT molecular complexity index is 399. The molecule has 1 aliphatic rings. The van der Waals surface area contributed by atoms with E-state index in [1.165, 1.54) is 24.0 Å². The summed E-state index contributed by atoms with van der Waals surface area (Å²) in [6, 6.07) is 8.71. The van der Waals surface area contributed by atoms with E-state index in [1.807, 2.05) is 0 Å². The first-order valence-corrected chi connectivity index (χ1v) is 7.36. The number of nitrogens with two attached hydrogens (primary N) is 1. The van der Waals surface area contributed by atoms with Gasteiger partial charge in [-0.3, -0.25) is 11.3 Å². The van der Waals surface area contributed by atoms with E-state index in [2.05, 4.69) is 43.5 Å². The molecule has 19 heavy (non-hydrogen) atoms. The minimum atomic E-state index is -0.0776. The number of hydrogen-bond donors (Lipinski definition) is 2. The third-order valence-electron chi connectivity index (χ3n) is 4.40. The molecule has 1 fully saturated rings. The van der Waals surface area contributed by atoms with Crippen molar-refractivity contribution in [1.29, 1.82) is 0 Å². The highest BCUT2D eigenvalue weighted by molar-refractivity contribution is 5.27. The van der Waals surface area contributed by atoms with E-state index in [1.54, 1.807) is 0 Å². The first-order valence-electron chi connectivity index (χ1n) is 7.36. The van der Waals surface area contributed by atoms with Gasteiger partial charge in [-0.15, -0.1) is 0 Å².